The predicted octanol–water partition coefficient (Wildman–Crippen LogP) is 2.33. The molecule has 0 radical (unpaired) electrons. The van der Waals surface area contributed by atoms with Gasteiger partial charge in [-0.3, -0.25) is 4.79 Å². The Balaban J connectivity index is 1.89. The van der Waals surface area contributed by atoms with E-state index in [0.717, 1.165) is 42.7 Å². The van der Waals surface area contributed by atoms with Gasteiger partial charge in [0.25, 0.3) is 0 Å². The summed E-state index contributed by atoms with van der Waals surface area (Å²) in [5.74, 6) is 4.49. The average molecular weight is 241 g/mol. The molecule has 92 valence electrons. The van der Waals surface area contributed by atoms with E-state index in [1.165, 1.54) is 6.42 Å². The van der Waals surface area contributed by atoms with Crippen molar-refractivity contribution in [3.63, 3.8) is 0 Å². The lowest BCUT2D eigenvalue weighted by atomic mass is 9.73. The first-order valence-corrected chi connectivity index (χ1v) is 7.69. The first-order valence-electron chi connectivity index (χ1n) is 6.53. The number of ketones is 1. The van der Waals surface area contributed by atoms with Crippen molar-refractivity contribution in [1.29, 1.82) is 0 Å². The summed E-state index contributed by atoms with van der Waals surface area (Å²) in [6.45, 7) is 5.62. The van der Waals surface area contributed by atoms with Gasteiger partial charge in [-0.1, -0.05) is 13.8 Å². The Morgan fingerprint density at radius 3 is 2.69 bits per heavy atom. The van der Waals surface area contributed by atoms with Gasteiger partial charge < -0.3 is 5.32 Å². The lowest BCUT2D eigenvalue weighted by Crippen LogP contribution is -2.47. The maximum Gasteiger partial charge on any atom is 0.153 e. The second kappa shape index (κ2) is 5.54. The smallest absolute Gasteiger partial charge is 0.153 e. The maximum absolute atomic E-state index is 12.3. The monoisotopic (exact) mass is 241 g/mol. The molecule has 0 spiro atoms. The van der Waals surface area contributed by atoms with Gasteiger partial charge in [0.05, 0.1) is 6.04 Å². The molecule has 2 nitrogen and oxygen atoms in total. The minimum atomic E-state index is 0.143. The molecule has 2 rings (SSSR count). The average Bonchev–Trinajstić information content (AvgIpc) is 2.33. The van der Waals surface area contributed by atoms with E-state index in [0.29, 0.717) is 11.7 Å². The molecular weight excluding hydrogens is 218 g/mol. The van der Waals surface area contributed by atoms with Crippen molar-refractivity contribution in [1.82, 2.24) is 5.32 Å². The predicted molar refractivity (Wildman–Crippen MR) is 69.8 cm³/mol. The van der Waals surface area contributed by atoms with Gasteiger partial charge in [0.1, 0.15) is 0 Å². The number of nitrogens with one attached hydrogen (secondary N) is 1. The molecule has 1 saturated heterocycles. The molecule has 1 aliphatic carbocycles. The molecule has 2 fully saturated rings. The molecular formula is C13H23NOS. The highest BCUT2D eigenvalue weighted by atomic mass is 32.2. The summed E-state index contributed by atoms with van der Waals surface area (Å²) in [5, 5.41) is 3.37. The van der Waals surface area contributed by atoms with E-state index in [9.17, 15) is 4.79 Å². The second-order valence-corrected chi connectivity index (χ2v) is 6.60. The molecule has 4 atom stereocenters. The van der Waals surface area contributed by atoms with Crippen molar-refractivity contribution in [2.45, 2.75) is 39.2 Å². The molecule has 1 aliphatic heterocycles. The van der Waals surface area contributed by atoms with Gasteiger partial charge in [-0.2, -0.15) is 11.8 Å². The van der Waals surface area contributed by atoms with Gasteiger partial charge in [-0.15, -0.1) is 0 Å². The molecule has 1 N–H and O–H groups in total. The third kappa shape index (κ3) is 2.80. The standard InChI is InChI=1S/C13H23NOS/c1-9-3-4-11(7-10(9)2)13(15)12-8-16-6-5-14-12/h9-12,14H,3-8H2,1-2H3. The molecule has 3 heteroatoms. The van der Waals surface area contributed by atoms with Crippen LogP contribution in [0.4, 0.5) is 0 Å². The highest BCUT2D eigenvalue weighted by Gasteiger charge is 2.33. The van der Waals surface area contributed by atoms with Crippen LogP contribution in [0.15, 0.2) is 0 Å². The lowest BCUT2D eigenvalue weighted by molar-refractivity contribution is -0.126. The number of Topliss-reactive ketones (excluding diaryl/α,β-unsaturated/α-hetero) is 1. The molecule has 0 bridgehead atoms. The SMILES string of the molecule is CC1CCC(C(=O)C2CSCCN2)CC1C. The molecule has 0 aromatic carbocycles. The molecule has 4 unspecified atom stereocenters. The summed E-state index contributed by atoms with van der Waals surface area (Å²) in [5.41, 5.74) is 0. The number of carbonyl (C=O) groups is 1. The van der Waals surface area contributed by atoms with Crippen molar-refractivity contribution in [3.8, 4) is 0 Å². The summed E-state index contributed by atoms with van der Waals surface area (Å²) in [4.78, 5) is 12.3. The lowest BCUT2D eigenvalue weighted by Gasteiger charge is -2.34. The molecule has 2 aliphatic rings. The zero-order valence-corrected chi connectivity index (χ0v) is 11.2. The number of thioether (sulfide) groups is 1. The van der Waals surface area contributed by atoms with Crippen LogP contribution in [-0.4, -0.2) is 29.9 Å². The molecule has 0 aromatic heterocycles. The Bertz CT molecular complexity index is 250. The number of hydrogen-bond acceptors (Lipinski definition) is 3. The Morgan fingerprint density at radius 2 is 2.06 bits per heavy atom. The van der Waals surface area contributed by atoms with Crippen molar-refractivity contribution >= 4 is 17.5 Å². The number of hydrogen-bond donors (Lipinski definition) is 1. The van der Waals surface area contributed by atoms with Gasteiger partial charge >= 0.3 is 0 Å². The van der Waals surface area contributed by atoms with Gasteiger partial charge in [-0.05, 0) is 31.1 Å². The molecule has 1 heterocycles. The Morgan fingerprint density at radius 1 is 1.25 bits per heavy atom. The molecule has 0 amide bonds. The van der Waals surface area contributed by atoms with Crippen LogP contribution in [0.1, 0.15) is 33.1 Å². The van der Waals surface area contributed by atoms with Crippen molar-refractivity contribution in [2.75, 3.05) is 18.1 Å². The second-order valence-electron chi connectivity index (χ2n) is 5.45. The van der Waals surface area contributed by atoms with Gasteiger partial charge in [0.15, 0.2) is 5.78 Å². The zero-order valence-electron chi connectivity index (χ0n) is 10.4. The van der Waals surface area contributed by atoms with Crippen LogP contribution in [0, 0.1) is 17.8 Å². The summed E-state index contributed by atoms with van der Waals surface area (Å²) in [6, 6.07) is 0.143. The van der Waals surface area contributed by atoms with E-state index in [-0.39, 0.29) is 6.04 Å². The van der Waals surface area contributed by atoms with Crippen LogP contribution in [0.25, 0.3) is 0 Å². The number of carbonyl (C=O) groups excluding carboxylic acids is 1. The van der Waals surface area contributed by atoms with Gasteiger partial charge in [-0.25, -0.2) is 0 Å². The van der Waals surface area contributed by atoms with E-state index in [1.54, 1.807) is 0 Å². The minimum Gasteiger partial charge on any atom is -0.306 e. The summed E-state index contributed by atoms with van der Waals surface area (Å²) < 4.78 is 0. The largest absolute Gasteiger partial charge is 0.306 e. The van der Waals surface area contributed by atoms with Gasteiger partial charge in [0.2, 0.25) is 0 Å². The fourth-order valence-corrected chi connectivity index (χ4v) is 3.79. The summed E-state index contributed by atoms with van der Waals surface area (Å²) >= 11 is 1.91. The van der Waals surface area contributed by atoms with Gasteiger partial charge in [0, 0.05) is 24.0 Å². The van der Waals surface area contributed by atoms with Crippen molar-refractivity contribution in [2.24, 2.45) is 17.8 Å². The van der Waals surface area contributed by atoms with E-state index in [1.807, 2.05) is 11.8 Å². The zero-order chi connectivity index (χ0) is 11.5. The maximum atomic E-state index is 12.3. The quantitative estimate of drug-likeness (QED) is 0.804. The minimum absolute atomic E-state index is 0.143. The van der Waals surface area contributed by atoms with Crippen molar-refractivity contribution < 1.29 is 4.79 Å². The first kappa shape index (κ1) is 12.4. The summed E-state index contributed by atoms with van der Waals surface area (Å²) in [6.07, 6.45) is 3.47. The van der Waals surface area contributed by atoms with Crippen LogP contribution in [0.5, 0.6) is 0 Å². The van der Waals surface area contributed by atoms with E-state index >= 15 is 0 Å². The van der Waals surface area contributed by atoms with Crippen LogP contribution < -0.4 is 5.32 Å². The first-order chi connectivity index (χ1) is 7.68. The third-order valence-corrected chi connectivity index (χ3v) is 5.33. The highest BCUT2D eigenvalue weighted by molar-refractivity contribution is 7.99. The van der Waals surface area contributed by atoms with E-state index < -0.39 is 0 Å². The normalized spacial score (nSPS) is 40.6. The van der Waals surface area contributed by atoms with E-state index in [2.05, 4.69) is 19.2 Å². The van der Waals surface area contributed by atoms with Crippen LogP contribution >= 0.6 is 11.8 Å². The van der Waals surface area contributed by atoms with Crippen molar-refractivity contribution in [3.05, 3.63) is 0 Å². The van der Waals surface area contributed by atoms with Crippen LogP contribution in [-0.2, 0) is 4.79 Å². The van der Waals surface area contributed by atoms with Crippen LogP contribution in [0.3, 0.4) is 0 Å². The topological polar surface area (TPSA) is 29.1 Å². The highest BCUT2D eigenvalue weighted by Crippen LogP contribution is 2.34. The van der Waals surface area contributed by atoms with Crippen LogP contribution in [0.2, 0.25) is 0 Å². The molecule has 16 heavy (non-hydrogen) atoms. The fourth-order valence-electron chi connectivity index (χ4n) is 2.84. The Labute approximate surface area is 103 Å². The third-order valence-electron chi connectivity index (χ3n) is 4.27. The Kier molecular flexibility index (Phi) is 4.31. The van der Waals surface area contributed by atoms with E-state index in [4.69, 9.17) is 0 Å². The number of rotatable bonds is 2. The molecule has 1 saturated carbocycles. The summed E-state index contributed by atoms with van der Waals surface area (Å²) in [7, 11) is 0. The fraction of sp³-hybridized carbons (Fsp3) is 0.923. The molecule has 0 aromatic rings. The Hall–Kier alpha value is -0.0200.